The van der Waals surface area contributed by atoms with E-state index in [0.29, 0.717) is 6.54 Å². The molecular weight excluding hydrogens is 398 g/mol. The van der Waals surface area contributed by atoms with Gasteiger partial charge >= 0.3 is 0 Å². The van der Waals surface area contributed by atoms with Gasteiger partial charge in [-0.05, 0) is 61.4 Å². The SMILES string of the molecule is COC1=CC(c2cc3ccccc3n2Cc2ccc(O)cc2)=N/C1=C\c1[nH]c(C)cc1C. The first-order valence-corrected chi connectivity index (χ1v) is 10.6. The predicted octanol–water partition coefficient (Wildman–Crippen LogP) is 5.71. The van der Waals surface area contributed by atoms with Crippen LogP contribution in [0.5, 0.6) is 5.75 Å². The second kappa shape index (κ2) is 7.93. The normalized spacial score (nSPS) is 14.8. The number of aliphatic imine (C=N–C) groups is 1. The molecule has 0 unspecified atom stereocenters. The average molecular weight is 424 g/mol. The summed E-state index contributed by atoms with van der Waals surface area (Å²) < 4.78 is 7.93. The minimum absolute atomic E-state index is 0.267. The number of aromatic amines is 1. The molecule has 1 aliphatic rings. The quantitative estimate of drug-likeness (QED) is 0.432. The fourth-order valence-corrected chi connectivity index (χ4v) is 4.23. The highest BCUT2D eigenvalue weighted by Crippen LogP contribution is 2.29. The van der Waals surface area contributed by atoms with Gasteiger partial charge in [-0.25, -0.2) is 4.99 Å². The summed E-state index contributed by atoms with van der Waals surface area (Å²) >= 11 is 0. The number of aromatic hydroxyl groups is 1. The molecule has 0 saturated heterocycles. The van der Waals surface area contributed by atoms with Crippen molar-refractivity contribution in [2.45, 2.75) is 20.4 Å². The average Bonchev–Trinajstić information content (AvgIpc) is 3.45. The number of ether oxygens (including phenoxy) is 1. The van der Waals surface area contributed by atoms with Crippen molar-refractivity contribution in [3.8, 4) is 5.75 Å². The molecule has 5 rings (SSSR count). The molecule has 0 spiro atoms. The van der Waals surface area contributed by atoms with Crippen LogP contribution in [0.25, 0.3) is 17.0 Å². The lowest BCUT2D eigenvalue weighted by atomic mass is 10.2. The summed E-state index contributed by atoms with van der Waals surface area (Å²) in [6, 6.07) is 20.0. The van der Waals surface area contributed by atoms with E-state index in [4.69, 9.17) is 9.73 Å². The fourth-order valence-electron chi connectivity index (χ4n) is 4.23. The Hall–Kier alpha value is -3.99. The lowest BCUT2D eigenvalue weighted by Crippen LogP contribution is -2.08. The number of nitrogens with zero attached hydrogens (tertiary/aromatic N) is 2. The van der Waals surface area contributed by atoms with Crippen molar-refractivity contribution in [2.75, 3.05) is 7.11 Å². The summed E-state index contributed by atoms with van der Waals surface area (Å²) in [6.07, 6.45) is 4.04. The minimum Gasteiger partial charge on any atom is -0.508 e. The van der Waals surface area contributed by atoms with E-state index in [1.54, 1.807) is 19.2 Å². The second-order valence-corrected chi connectivity index (χ2v) is 8.13. The van der Waals surface area contributed by atoms with E-state index < -0.39 is 0 Å². The maximum atomic E-state index is 9.65. The van der Waals surface area contributed by atoms with Gasteiger partial charge in [-0.3, -0.25) is 0 Å². The fraction of sp³-hybridized carbons (Fsp3) is 0.148. The van der Waals surface area contributed by atoms with Crippen LogP contribution in [-0.4, -0.2) is 27.5 Å². The zero-order valence-corrected chi connectivity index (χ0v) is 18.4. The standard InChI is InChI=1S/C27H25N3O2/c1-17-12-18(2)28-22(17)14-24-27(32-3)15-23(29-24)26-13-20-6-4-5-7-25(20)30(26)16-19-8-10-21(31)11-9-19/h4-15,28,31H,16H2,1-3H3/b24-14-. The number of hydrogen-bond acceptors (Lipinski definition) is 3. The summed E-state index contributed by atoms with van der Waals surface area (Å²) in [5, 5.41) is 10.8. The van der Waals surface area contributed by atoms with E-state index >= 15 is 0 Å². The number of methoxy groups -OCH3 is 1. The van der Waals surface area contributed by atoms with Crippen LogP contribution in [0.2, 0.25) is 0 Å². The number of phenols is 1. The number of para-hydroxylation sites is 1. The third-order valence-electron chi connectivity index (χ3n) is 5.80. The van der Waals surface area contributed by atoms with Crippen LogP contribution >= 0.6 is 0 Å². The molecule has 1 aliphatic heterocycles. The van der Waals surface area contributed by atoms with Gasteiger partial charge in [0.1, 0.15) is 17.2 Å². The number of H-pyrrole nitrogens is 1. The maximum absolute atomic E-state index is 9.65. The van der Waals surface area contributed by atoms with Crippen molar-refractivity contribution in [3.05, 3.63) is 106 Å². The molecule has 3 heterocycles. The summed E-state index contributed by atoms with van der Waals surface area (Å²) in [5.74, 6) is 1.01. The van der Waals surface area contributed by atoms with Gasteiger partial charge in [-0.2, -0.15) is 0 Å². The Morgan fingerprint density at radius 3 is 2.56 bits per heavy atom. The maximum Gasteiger partial charge on any atom is 0.146 e. The lowest BCUT2D eigenvalue weighted by Gasteiger charge is -2.10. The molecule has 32 heavy (non-hydrogen) atoms. The van der Waals surface area contributed by atoms with Crippen LogP contribution in [0, 0.1) is 13.8 Å². The van der Waals surface area contributed by atoms with Crippen LogP contribution in [-0.2, 0) is 11.3 Å². The second-order valence-electron chi connectivity index (χ2n) is 8.13. The van der Waals surface area contributed by atoms with Crippen LogP contribution in [0.3, 0.4) is 0 Å². The number of hydrogen-bond donors (Lipinski definition) is 2. The Morgan fingerprint density at radius 1 is 1.06 bits per heavy atom. The van der Waals surface area contributed by atoms with Gasteiger partial charge in [0.15, 0.2) is 0 Å². The van der Waals surface area contributed by atoms with E-state index in [1.807, 2.05) is 43.3 Å². The third-order valence-corrected chi connectivity index (χ3v) is 5.80. The van der Waals surface area contributed by atoms with Gasteiger partial charge in [0, 0.05) is 34.9 Å². The van der Waals surface area contributed by atoms with E-state index in [0.717, 1.165) is 50.7 Å². The summed E-state index contributed by atoms with van der Waals surface area (Å²) in [5.41, 5.74) is 8.26. The van der Waals surface area contributed by atoms with Crippen LogP contribution in [0.4, 0.5) is 0 Å². The number of phenolic OH excluding ortho intramolecular Hbond substituents is 1. The van der Waals surface area contributed by atoms with Crippen LogP contribution < -0.4 is 0 Å². The van der Waals surface area contributed by atoms with Crippen molar-refractivity contribution in [1.29, 1.82) is 0 Å². The monoisotopic (exact) mass is 423 g/mol. The largest absolute Gasteiger partial charge is 0.508 e. The third kappa shape index (κ3) is 3.62. The Bertz CT molecular complexity index is 1400. The van der Waals surface area contributed by atoms with E-state index in [1.165, 1.54) is 5.56 Å². The molecule has 5 heteroatoms. The number of fused-ring (bicyclic) bond motifs is 1. The van der Waals surface area contributed by atoms with Crippen molar-refractivity contribution >= 4 is 22.7 Å². The molecule has 0 atom stereocenters. The topological polar surface area (TPSA) is 62.5 Å². The highest BCUT2D eigenvalue weighted by molar-refractivity contribution is 6.13. The number of aromatic nitrogens is 2. The Labute approximate surface area is 187 Å². The van der Waals surface area contributed by atoms with E-state index in [-0.39, 0.29) is 5.75 Å². The van der Waals surface area contributed by atoms with Gasteiger partial charge in [0.25, 0.3) is 0 Å². The van der Waals surface area contributed by atoms with E-state index in [2.05, 4.69) is 40.7 Å². The molecular formula is C27H25N3O2. The number of nitrogens with one attached hydrogen (secondary N) is 1. The Balaban J connectivity index is 1.61. The van der Waals surface area contributed by atoms with Crippen LogP contribution in [0.1, 0.15) is 28.2 Å². The Kier molecular flexibility index (Phi) is 4.94. The molecule has 2 aromatic heterocycles. The first-order chi connectivity index (χ1) is 15.5. The van der Waals surface area contributed by atoms with Gasteiger partial charge in [0.05, 0.1) is 18.5 Å². The summed E-state index contributed by atoms with van der Waals surface area (Å²) in [6.45, 7) is 4.81. The predicted molar refractivity (Wildman–Crippen MR) is 129 cm³/mol. The molecule has 2 aromatic carbocycles. The van der Waals surface area contributed by atoms with Gasteiger partial charge in [-0.15, -0.1) is 0 Å². The van der Waals surface area contributed by atoms with Crippen molar-refractivity contribution in [3.63, 3.8) is 0 Å². The molecule has 0 bridgehead atoms. The summed E-state index contributed by atoms with van der Waals surface area (Å²) in [4.78, 5) is 8.33. The zero-order valence-electron chi connectivity index (χ0n) is 18.4. The van der Waals surface area contributed by atoms with Gasteiger partial charge in [0.2, 0.25) is 0 Å². The van der Waals surface area contributed by atoms with Crippen molar-refractivity contribution < 1.29 is 9.84 Å². The smallest absolute Gasteiger partial charge is 0.146 e. The highest BCUT2D eigenvalue weighted by atomic mass is 16.5. The number of rotatable bonds is 5. The molecule has 4 aromatic rings. The molecule has 0 fully saturated rings. The number of aryl methyl sites for hydroxylation is 2. The molecule has 160 valence electrons. The number of allylic oxidation sites excluding steroid dienone is 1. The van der Waals surface area contributed by atoms with Gasteiger partial charge < -0.3 is 19.4 Å². The first-order valence-electron chi connectivity index (χ1n) is 10.6. The summed E-state index contributed by atoms with van der Waals surface area (Å²) in [7, 11) is 1.68. The van der Waals surface area contributed by atoms with Gasteiger partial charge in [-0.1, -0.05) is 30.3 Å². The molecule has 0 amide bonds. The molecule has 0 saturated carbocycles. The molecule has 2 N–H and O–H groups in total. The minimum atomic E-state index is 0.267. The zero-order chi connectivity index (χ0) is 22.2. The highest BCUT2D eigenvalue weighted by Gasteiger charge is 2.21. The lowest BCUT2D eigenvalue weighted by molar-refractivity contribution is 0.303. The molecule has 0 aliphatic carbocycles. The van der Waals surface area contributed by atoms with E-state index in [9.17, 15) is 5.11 Å². The first kappa shape index (κ1) is 19.9. The van der Waals surface area contributed by atoms with Crippen LogP contribution in [0.15, 0.2) is 83.2 Å². The van der Waals surface area contributed by atoms with Crippen molar-refractivity contribution in [2.24, 2.45) is 4.99 Å². The Morgan fingerprint density at radius 2 is 1.84 bits per heavy atom. The number of benzene rings is 2. The molecule has 0 radical (unpaired) electrons. The molecule has 5 nitrogen and oxygen atoms in total. The van der Waals surface area contributed by atoms with Crippen molar-refractivity contribution in [1.82, 2.24) is 9.55 Å².